The number of fused-ring (bicyclic) bond motifs is 16. The summed E-state index contributed by atoms with van der Waals surface area (Å²) in [5, 5.41) is 15.5. The highest BCUT2D eigenvalue weighted by molar-refractivity contribution is 7.03. The number of hydrogen-bond acceptors (Lipinski definition) is 2. The fourth-order valence-electron chi connectivity index (χ4n) is 18.8. The molecular weight excluding hydrogens is 1130 g/mol. The third kappa shape index (κ3) is 6.65. The fraction of sp³-hybridized carbons (Fsp3) is 0.0549. The molecule has 0 saturated carbocycles. The van der Waals surface area contributed by atoms with Gasteiger partial charge < -0.3 is 9.80 Å². The summed E-state index contributed by atoms with van der Waals surface area (Å²) in [6.45, 7) is 8.87. The molecule has 0 aromatic heterocycles. The van der Waals surface area contributed by atoms with Crippen LogP contribution in [0, 0.1) is 27.7 Å². The molecule has 4 aliphatic rings. The Morgan fingerprint density at radius 2 is 0.617 bits per heavy atom. The molecule has 21 rings (SSSR count). The molecule has 2 heterocycles. The number of nitrogens with zero attached hydrogens (tertiary/aromatic N) is 2. The van der Waals surface area contributed by atoms with Crippen LogP contribution in [0.3, 0.4) is 0 Å². The highest BCUT2D eigenvalue weighted by atomic mass is 15.2. The molecule has 436 valence electrons. The van der Waals surface area contributed by atoms with Crippen LogP contribution in [-0.2, 0) is 5.41 Å². The molecule has 17 aromatic rings. The first-order valence-corrected chi connectivity index (χ1v) is 33.3. The lowest BCUT2D eigenvalue weighted by Crippen LogP contribution is -2.61. The van der Waals surface area contributed by atoms with E-state index >= 15 is 0 Å². The smallest absolute Gasteiger partial charge is 0.253 e. The van der Waals surface area contributed by atoms with E-state index in [0.717, 1.165) is 11.4 Å². The van der Waals surface area contributed by atoms with Crippen molar-refractivity contribution in [2.45, 2.75) is 33.1 Å². The molecule has 3 heteroatoms. The molecule has 2 aliphatic carbocycles. The average molecular weight is 1190 g/mol. The third-order valence-corrected chi connectivity index (χ3v) is 22.4. The summed E-state index contributed by atoms with van der Waals surface area (Å²) >= 11 is 0. The van der Waals surface area contributed by atoms with Crippen molar-refractivity contribution in [3.8, 4) is 55.6 Å². The maximum absolute atomic E-state index is 2.64. The van der Waals surface area contributed by atoms with Crippen molar-refractivity contribution in [2.75, 3.05) is 9.80 Å². The molecule has 2 aliphatic heterocycles. The first-order valence-electron chi connectivity index (χ1n) is 33.3. The first kappa shape index (κ1) is 52.1. The van der Waals surface area contributed by atoms with E-state index in [4.69, 9.17) is 0 Å². The van der Waals surface area contributed by atoms with E-state index in [9.17, 15) is 0 Å². The molecule has 0 unspecified atom stereocenters. The average Bonchev–Trinajstić information content (AvgIpc) is 0.997. The molecule has 0 atom stereocenters. The van der Waals surface area contributed by atoms with Gasteiger partial charge in [-0.2, -0.15) is 0 Å². The lowest BCUT2D eigenvalue weighted by Gasteiger charge is -2.45. The predicted molar refractivity (Wildman–Crippen MR) is 399 cm³/mol. The maximum atomic E-state index is 2.64. The number of para-hydroxylation sites is 2. The second kappa shape index (κ2) is 18.8. The number of aryl methyl sites for hydroxylation is 4. The summed E-state index contributed by atoms with van der Waals surface area (Å²) in [7, 11) is 0. The summed E-state index contributed by atoms with van der Waals surface area (Å²) in [4.78, 5) is 5.28. The van der Waals surface area contributed by atoms with E-state index < -0.39 is 5.41 Å². The summed E-state index contributed by atoms with van der Waals surface area (Å²) in [6.07, 6.45) is 0. The normalized spacial score (nSPS) is 13.8. The van der Waals surface area contributed by atoms with Crippen molar-refractivity contribution < 1.29 is 0 Å². The van der Waals surface area contributed by atoms with Gasteiger partial charge in [-0.3, -0.25) is 0 Å². The van der Waals surface area contributed by atoms with Crippen LogP contribution in [0.5, 0.6) is 0 Å². The SMILES string of the molecule is Cc1cccc(C)c1-c1ccc2ccc3c4c(cc5ccc1c2c53)N(c1ccccc1)c1cc(-c2ccc3c(c2)C2(c5ccccc5-c5ccccc52)c2ccccc2-3)cc2c1B4c1c(cc3ccc4c(-c5c(C)cccc5C)ccc5ccc1c3c54)N2c1ccccc1. The summed E-state index contributed by atoms with van der Waals surface area (Å²) in [5.74, 6) is 0. The Bertz CT molecular complexity index is 5800. The van der Waals surface area contributed by atoms with E-state index in [-0.39, 0.29) is 6.71 Å². The Kier molecular flexibility index (Phi) is 10.4. The van der Waals surface area contributed by atoms with Crippen molar-refractivity contribution in [3.05, 3.63) is 330 Å². The second-order valence-corrected chi connectivity index (χ2v) is 27.1. The van der Waals surface area contributed by atoms with Crippen LogP contribution in [-0.4, -0.2) is 6.71 Å². The van der Waals surface area contributed by atoms with Crippen molar-refractivity contribution in [1.29, 1.82) is 0 Å². The van der Waals surface area contributed by atoms with E-state index in [2.05, 4.69) is 323 Å². The quantitative estimate of drug-likeness (QED) is 0.125. The van der Waals surface area contributed by atoms with Gasteiger partial charge >= 0.3 is 0 Å². The van der Waals surface area contributed by atoms with Gasteiger partial charge in [0.25, 0.3) is 6.71 Å². The zero-order chi connectivity index (χ0) is 62.0. The van der Waals surface area contributed by atoms with Crippen LogP contribution in [0.2, 0.25) is 0 Å². The number of rotatable bonds is 5. The molecule has 17 aromatic carbocycles. The third-order valence-electron chi connectivity index (χ3n) is 22.4. The highest BCUT2D eigenvalue weighted by Crippen LogP contribution is 2.63. The van der Waals surface area contributed by atoms with Gasteiger partial charge in [-0.1, -0.05) is 231 Å². The lowest BCUT2D eigenvalue weighted by atomic mass is 9.32. The molecular formula is C91H59BN2. The minimum atomic E-state index is -0.494. The molecule has 0 bridgehead atoms. The van der Waals surface area contributed by atoms with Gasteiger partial charge in [0, 0.05) is 34.1 Å². The van der Waals surface area contributed by atoms with Gasteiger partial charge in [-0.15, -0.1) is 0 Å². The number of benzene rings is 17. The summed E-state index contributed by atoms with van der Waals surface area (Å²) in [5.41, 5.74) is 33.8. The van der Waals surface area contributed by atoms with Crippen molar-refractivity contribution in [3.63, 3.8) is 0 Å². The predicted octanol–water partition coefficient (Wildman–Crippen LogP) is 22.1. The van der Waals surface area contributed by atoms with Crippen LogP contribution < -0.4 is 26.2 Å². The van der Waals surface area contributed by atoms with Gasteiger partial charge in [0.05, 0.1) is 5.41 Å². The Hall–Kier alpha value is -11.5. The molecule has 0 N–H and O–H groups in total. The Morgan fingerprint density at radius 3 is 1.07 bits per heavy atom. The lowest BCUT2D eigenvalue weighted by molar-refractivity contribution is 0.794. The van der Waals surface area contributed by atoms with Crippen LogP contribution >= 0.6 is 0 Å². The zero-order valence-electron chi connectivity index (χ0n) is 52.6. The largest absolute Gasteiger partial charge is 0.311 e. The molecule has 0 amide bonds. The number of anilines is 6. The number of hydrogen-bond donors (Lipinski definition) is 0. The molecule has 0 fully saturated rings. The Morgan fingerprint density at radius 1 is 0.255 bits per heavy atom. The standard InChI is InChI=1S/C91H59BN2/c1-52-19-17-20-53(2)82(52)68-41-33-56-35-45-72-86-59(38-43-70(68)84(56)86)48-78-88(72)92-89-73-46-36-57-34-42-69(83-54(3)21-18-22-55(83)4)71-44-39-60(87(73)85(57)71)49-79(89)94(63-25-9-6-10-26-63)81-51-61(50-80(90(81)92)93(78)62-23-7-5-8-24-62)58-37-40-67-66-29-13-16-32-76(66)91(77(67)47-58)74-30-14-11-27-64(74)65-28-12-15-31-75(65)91/h5-51H,1-4H3. The highest BCUT2D eigenvalue weighted by Gasteiger charge is 2.52. The van der Waals surface area contributed by atoms with Gasteiger partial charge in [0.2, 0.25) is 0 Å². The van der Waals surface area contributed by atoms with Crippen LogP contribution in [0.25, 0.3) is 120 Å². The second-order valence-electron chi connectivity index (χ2n) is 27.1. The monoisotopic (exact) mass is 1190 g/mol. The zero-order valence-corrected chi connectivity index (χ0v) is 52.6. The van der Waals surface area contributed by atoms with E-state index in [1.54, 1.807) is 0 Å². The fourth-order valence-corrected chi connectivity index (χ4v) is 18.8. The van der Waals surface area contributed by atoms with Gasteiger partial charge in [0.1, 0.15) is 0 Å². The minimum Gasteiger partial charge on any atom is -0.311 e. The summed E-state index contributed by atoms with van der Waals surface area (Å²) < 4.78 is 0. The van der Waals surface area contributed by atoms with E-state index in [0.29, 0.717) is 0 Å². The van der Waals surface area contributed by atoms with Crippen molar-refractivity contribution in [2.24, 2.45) is 0 Å². The molecule has 0 saturated heterocycles. The molecule has 0 radical (unpaired) electrons. The van der Waals surface area contributed by atoms with Gasteiger partial charge in [-0.05, 0) is 263 Å². The molecule has 1 spiro atoms. The Balaban J connectivity index is 0.907. The summed E-state index contributed by atoms with van der Waals surface area (Å²) in [6, 6.07) is 110. The molecule has 2 nitrogen and oxygen atoms in total. The maximum Gasteiger partial charge on any atom is 0.253 e. The van der Waals surface area contributed by atoms with Crippen molar-refractivity contribution >= 4 is 122 Å². The topological polar surface area (TPSA) is 6.48 Å². The van der Waals surface area contributed by atoms with Crippen LogP contribution in [0.4, 0.5) is 34.1 Å². The molecule has 94 heavy (non-hydrogen) atoms. The van der Waals surface area contributed by atoms with Gasteiger partial charge in [-0.25, -0.2) is 0 Å². The first-order chi connectivity index (χ1) is 46.3. The van der Waals surface area contributed by atoms with Gasteiger partial charge in [0.15, 0.2) is 0 Å². The Labute approximate surface area is 546 Å². The van der Waals surface area contributed by atoms with Crippen molar-refractivity contribution in [1.82, 2.24) is 0 Å². The van der Waals surface area contributed by atoms with E-state index in [1.807, 2.05) is 0 Å². The van der Waals surface area contributed by atoms with Crippen LogP contribution in [0.1, 0.15) is 44.5 Å². The minimum absolute atomic E-state index is 0.196. The van der Waals surface area contributed by atoms with E-state index in [1.165, 1.54) is 204 Å². The van der Waals surface area contributed by atoms with Crippen LogP contribution in [0.15, 0.2) is 285 Å².